The van der Waals surface area contributed by atoms with Crippen LogP contribution >= 0.6 is 0 Å². The Balaban J connectivity index is 1.99. The van der Waals surface area contributed by atoms with Crippen LogP contribution < -0.4 is 0 Å². The molecule has 2 aromatic rings. The number of carbonyl (C=O) groups is 1. The summed E-state index contributed by atoms with van der Waals surface area (Å²) in [7, 11) is 0. The molecule has 1 heterocycles. The summed E-state index contributed by atoms with van der Waals surface area (Å²) in [6.45, 7) is 11.3. The van der Waals surface area contributed by atoms with E-state index >= 15 is 0 Å². The maximum Gasteiger partial charge on any atom is 0.169 e. The number of nitrogens with zero attached hydrogens (tertiary/aromatic N) is 1. The lowest BCUT2D eigenvalue weighted by Crippen LogP contribution is -2.15. The number of carbonyl (C=O) groups excluding carboxylic acids is 1. The summed E-state index contributed by atoms with van der Waals surface area (Å²) in [6.07, 6.45) is 3.31. The van der Waals surface area contributed by atoms with Crippen molar-refractivity contribution >= 4 is 16.7 Å². The van der Waals surface area contributed by atoms with Crippen LogP contribution in [0.1, 0.15) is 57.8 Å². The van der Waals surface area contributed by atoms with Crippen molar-refractivity contribution in [2.24, 2.45) is 16.7 Å². The first-order valence-electron chi connectivity index (χ1n) is 9.02. The maximum absolute atomic E-state index is 13.2. The van der Waals surface area contributed by atoms with Crippen LogP contribution in [0.3, 0.4) is 0 Å². The number of rotatable bonds is 6. The molecule has 1 aliphatic rings. The first-order valence-corrected chi connectivity index (χ1v) is 9.02. The van der Waals surface area contributed by atoms with Gasteiger partial charge in [0.05, 0.1) is 6.10 Å². The molecule has 0 aliphatic heterocycles. The van der Waals surface area contributed by atoms with Crippen molar-refractivity contribution in [2.75, 3.05) is 0 Å². The van der Waals surface area contributed by atoms with E-state index in [0.717, 1.165) is 29.3 Å². The second-order valence-corrected chi connectivity index (χ2v) is 8.40. The molecular weight excluding hydrogens is 298 g/mol. The summed E-state index contributed by atoms with van der Waals surface area (Å²) in [6, 6.07) is 8.03. The minimum Gasteiger partial charge on any atom is -0.391 e. The summed E-state index contributed by atoms with van der Waals surface area (Å²) < 4.78 is 2.05. The van der Waals surface area contributed by atoms with Crippen molar-refractivity contribution in [3.63, 3.8) is 0 Å². The van der Waals surface area contributed by atoms with Crippen LogP contribution in [0.25, 0.3) is 10.9 Å². The van der Waals surface area contributed by atoms with Gasteiger partial charge in [0, 0.05) is 35.1 Å². The highest BCUT2D eigenvalue weighted by Gasteiger charge is 2.68. The molecule has 0 spiro atoms. The normalized spacial score (nSPS) is 20.2. The minimum atomic E-state index is -0.373. The number of aliphatic hydroxyl groups excluding tert-OH is 1. The Morgan fingerprint density at radius 1 is 1.21 bits per heavy atom. The molecular formula is C21H29NO2. The highest BCUT2D eigenvalue weighted by molar-refractivity contribution is 6.11. The van der Waals surface area contributed by atoms with Crippen LogP contribution in [0.15, 0.2) is 30.5 Å². The molecule has 1 N–H and O–H groups in total. The van der Waals surface area contributed by atoms with Gasteiger partial charge in [-0.2, -0.15) is 0 Å². The Kier molecular flexibility index (Phi) is 4.11. The Hall–Kier alpha value is -1.61. The molecule has 1 fully saturated rings. The average molecular weight is 327 g/mol. The van der Waals surface area contributed by atoms with Gasteiger partial charge in [-0.25, -0.2) is 0 Å². The fourth-order valence-corrected chi connectivity index (χ4v) is 4.25. The van der Waals surface area contributed by atoms with Gasteiger partial charge in [0.2, 0.25) is 0 Å². The molecule has 3 rings (SSSR count). The fraction of sp³-hybridized carbons (Fsp3) is 0.571. The summed E-state index contributed by atoms with van der Waals surface area (Å²) in [4.78, 5) is 13.2. The standard InChI is InChI=1S/C21H29NO2/c1-6-9-14(23)12-22-13-16(15-10-7-8-11-17(15)22)18(24)19-20(2,3)21(19,4)5/h7-8,10-11,13-14,19,23H,6,9,12H2,1-5H3. The van der Waals surface area contributed by atoms with Gasteiger partial charge in [-0.15, -0.1) is 0 Å². The molecule has 3 nitrogen and oxygen atoms in total. The molecule has 0 radical (unpaired) electrons. The number of aliphatic hydroxyl groups is 1. The van der Waals surface area contributed by atoms with Crippen LogP contribution in [-0.2, 0) is 6.54 Å². The number of para-hydroxylation sites is 1. The van der Waals surface area contributed by atoms with E-state index in [4.69, 9.17) is 0 Å². The average Bonchev–Trinajstić information content (AvgIpc) is 2.80. The third-order valence-electron chi connectivity index (χ3n) is 6.37. The van der Waals surface area contributed by atoms with E-state index in [9.17, 15) is 9.90 Å². The fourth-order valence-electron chi connectivity index (χ4n) is 4.25. The van der Waals surface area contributed by atoms with Crippen LogP contribution in [0.5, 0.6) is 0 Å². The number of ketones is 1. The Morgan fingerprint density at radius 3 is 2.42 bits per heavy atom. The van der Waals surface area contributed by atoms with E-state index in [1.807, 2.05) is 35.0 Å². The van der Waals surface area contributed by atoms with Gasteiger partial charge in [-0.3, -0.25) is 4.79 Å². The first-order chi connectivity index (χ1) is 11.2. The van der Waals surface area contributed by atoms with Crippen molar-refractivity contribution in [2.45, 2.75) is 60.1 Å². The van der Waals surface area contributed by atoms with Gasteiger partial charge in [-0.1, -0.05) is 59.2 Å². The number of fused-ring (bicyclic) bond motifs is 1. The first kappa shape index (κ1) is 17.2. The summed E-state index contributed by atoms with van der Waals surface area (Å²) in [5.41, 5.74) is 1.91. The topological polar surface area (TPSA) is 42.2 Å². The zero-order valence-electron chi connectivity index (χ0n) is 15.5. The lowest BCUT2D eigenvalue weighted by atomic mass is 10.0. The van der Waals surface area contributed by atoms with Crippen LogP contribution in [0.2, 0.25) is 0 Å². The van der Waals surface area contributed by atoms with Crippen molar-refractivity contribution in [1.82, 2.24) is 4.57 Å². The van der Waals surface area contributed by atoms with Gasteiger partial charge in [0.15, 0.2) is 5.78 Å². The predicted molar refractivity (Wildman–Crippen MR) is 98.2 cm³/mol. The molecule has 0 amide bonds. The van der Waals surface area contributed by atoms with Crippen molar-refractivity contribution in [3.05, 3.63) is 36.0 Å². The smallest absolute Gasteiger partial charge is 0.169 e. The molecule has 1 unspecified atom stereocenters. The quantitative estimate of drug-likeness (QED) is 0.784. The summed E-state index contributed by atoms with van der Waals surface area (Å²) >= 11 is 0. The number of aromatic nitrogens is 1. The van der Waals surface area contributed by atoms with Crippen LogP contribution in [-0.4, -0.2) is 21.6 Å². The molecule has 1 saturated carbocycles. The van der Waals surface area contributed by atoms with E-state index in [-0.39, 0.29) is 28.6 Å². The Bertz CT molecular complexity index is 755. The predicted octanol–water partition coefficient (Wildman–Crippen LogP) is 4.67. The summed E-state index contributed by atoms with van der Waals surface area (Å²) in [5.74, 6) is 0.301. The molecule has 1 aromatic heterocycles. The highest BCUT2D eigenvalue weighted by atomic mass is 16.3. The van der Waals surface area contributed by atoms with Gasteiger partial charge < -0.3 is 9.67 Å². The van der Waals surface area contributed by atoms with Gasteiger partial charge in [-0.05, 0) is 23.3 Å². The van der Waals surface area contributed by atoms with Gasteiger partial charge >= 0.3 is 0 Å². The van der Waals surface area contributed by atoms with E-state index in [1.54, 1.807) is 0 Å². The molecule has 0 saturated heterocycles. The molecule has 0 bridgehead atoms. The molecule has 1 atom stereocenters. The number of Topliss-reactive ketones (excluding diaryl/α,β-unsaturated/α-hetero) is 1. The third-order valence-corrected chi connectivity index (χ3v) is 6.37. The van der Waals surface area contributed by atoms with Gasteiger partial charge in [0.1, 0.15) is 0 Å². The zero-order chi connectivity index (χ0) is 17.7. The van der Waals surface area contributed by atoms with E-state index in [1.165, 1.54) is 0 Å². The van der Waals surface area contributed by atoms with Crippen molar-refractivity contribution in [3.8, 4) is 0 Å². The van der Waals surface area contributed by atoms with Crippen LogP contribution in [0, 0.1) is 16.7 Å². The summed E-state index contributed by atoms with van der Waals surface area (Å²) in [5, 5.41) is 11.2. The molecule has 130 valence electrons. The Morgan fingerprint density at radius 2 is 1.83 bits per heavy atom. The molecule has 24 heavy (non-hydrogen) atoms. The molecule has 3 heteroatoms. The number of hydrogen-bond donors (Lipinski definition) is 1. The van der Waals surface area contributed by atoms with Crippen molar-refractivity contribution < 1.29 is 9.90 Å². The lowest BCUT2D eigenvalue weighted by Gasteiger charge is -2.11. The number of hydrogen-bond acceptors (Lipinski definition) is 2. The highest BCUT2D eigenvalue weighted by Crippen LogP contribution is 2.69. The SMILES string of the molecule is CCCC(O)Cn1cc(C(=O)C2C(C)(C)C2(C)C)c2ccccc21. The molecule has 1 aliphatic carbocycles. The second kappa shape index (κ2) is 5.73. The van der Waals surface area contributed by atoms with E-state index < -0.39 is 0 Å². The van der Waals surface area contributed by atoms with E-state index in [0.29, 0.717) is 6.54 Å². The Labute approximate surface area is 144 Å². The lowest BCUT2D eigenvalue weighted by molar-refractivity contribution is 0.0946. The third kappa shape index (κ3) is 2.50. The van der Waals surface area contributed by atoms with Gasteiger partial charge in [0.25, 0.3) is 0 Å². The number of benzene rings is 1. The largest absolute Gasteiger partial charge is 0.391 e. The zero-order valence-corrected chi connectivity index (χ0v) is 15.5. The maximum atomic E-state index is 13.2. The van der Waals surface area contributed by atoms with Crippen LogP contribution in [0.4, 0.5) is 0 Å². The molecule has 1 aromatic carbocycles. The second-order valence-electron chi connectivity index (χ2n) is 8.40. The monoisotopic (exact) mass is 327 g/mol. The van der Waals surface area contributed by atoms with Crippen molar-refractivity contribution in [1.29, 1.82) is 0 Å². The minimum absolute atomic E-state index is 0.0367. The van der Waals surface area contributed by atoms with E-state index in [2.05, 4.69) is 34.6 Å².